The highest BCUT2D eigenvalue weighted by Crippen LogP contribution is 2.37. The number of aliphatic hydroxyl groups excluding tert-OH is 1. The Kier molecular flexibility index (Phi) is 7.50. The highest BCUT2D eigenvalue weighted by molar-refractivity contribution is 7.92. The predicted octanol–water partition coefficient (Wildman–Crippen LogP) is 1.93. The maximum absolute atomic E-state index is 13.1. The van der Waals surface area contributed by atoms with Crippen LogP contribution in [0.3, 0.4) is 0 Å². The number of anilines is 1. The van der Waals surface area contributed by atoms with Crippen molar-refractivity contribution in [2.75, 3.05) is 31.8 Å². The average Bonchev–Trinajstić information content (AvgIpc) is 3.30. The minimum absolute atomic E-state index is 0.172. The Morgan fingerprint density at radius 2 is 1.62 bits per heavy atom. The molecular weight excluding hydrogens is 502 g/mol. The summed E-state index contributed by atoms with van der Waals surface area (Å²) in [5.41, 5.74) is 0.939. The first kappa shape index (κ1) is 25.8. The molecule has 194 valence electrons. The molecule has 0 bridgehead atoms. The molecule has 0 aliphatic carbocycles. The number of methoxy groups -OCH3 is 3. The fourth-order valence-corrected chi connectivity index (χ4v) is 4.59. The Morgan fingerprint density at radius 1 is 0.973 bits per heavy atom. The molecule has 3 aromatic heterocycles. The molecule has 0 aliphatic heterocycles. The van der Waals surface area contributed by atoms with Gasteiger partial charge in [-0.25, -0.2) is 23.4 Å². The lowest BCUT2D eigenvalue weighted by atomic mass is 10.2. The minimum Gasteiger partial charge on any atom is -0.494 e. The minimum atomic E-state index is -4.15. The zero-order valence-corrected chi connectivity index (χ0v) is 21.3. The molecule has 1 aromatic carbocycles. The molecule has 0 fully saturated rings. The van der Waals surface area contributed by atoms with Crippen molar-refractivity contribution < 1.29 is 27.7 Å². The van der Waals surface area contributed by atoms with Crippen LogP contribution >= 0.6 is 0 Å². The Morgan fingerprint density at radius 3 is 2.24 bits per heavy atom. The van der Waals surface area contributed by atoms with E-state index in [1.165, 1.54) is 38.3 Å². The lowest BCUT2D eigenvalue weighted by molar-refractivity contribution is 0.201. The van der Waals surface area contributed by atoms with E-state index >= 15 is 0 Å². The number of sulfonamides is 1. The average molecular weight is 528 g/mol. The number of aromatic nitrogens is 6. The van der Waals surface area contributed by atoms with Gasteiger partial charge >= 0.3 is 0 Å². The number of nitrogens with zero attached hydrogens (tertiary/aromatic N) is 6. The highest BCUT2D eigenvalue weighted by atomic mass is 32.2. The van der Waals surface area contributed by atoms with Crippen LogP contribution in [0.5, 0.6) is 17.4 Å². The summed E-state index contributed by atoms with van der Waals surface area (Å²) in [6.07, 6.45) is 1.36. The van der Waals surface area contributed by atoms with Gasteiger partial charge in [-0.3, -0.25) is 9.29 Å². The first-order valence-electron chi connectivity index (χ1n) is 10.9. The van der Waals surface area contributed by atoms with E-state index in [1.54, 1.807) is 43.3 Å². The normalized spacial score (nSPS) is 12.1. The number of aliphatic hydroxyl groups is 1. The van der Waals surface area contributed by atoms with Crippen LogP contribution in [0, 0.1) is 6.92 Å². The number of hydrogen-bond donors (Lipinski definition) is 2. The van der Waals surface area contributed by atoms with Crippen LogP contribution < -0.4 is 18.9 Å². The van der Waals surface area contributed by atoms with Crippen LogP contribution in [0.15, 0.2) is 48.8 Å². The van der Waals surface area contributed by atoms with Crippen LogP contribution in [0.2, 0.25) is 0 Å². The first-order valence-corrected chi connectivity index (χ1v) is 12.6. The van der Waals surface area contributed by atoms with E-state index in [4.69, 9.17) is 14.2 Å². The van der Waals surface area contributed by atoms with Crippen molar-refractivity contribution >= 4 is 16.0 Å². The summed E-state index contributed by atoms with van der Waals surface area (Å²) in [4.78, 5) is 12.4. The van der Waals surface area contributed by atoms with Crippen LogP contribution in [0.4, 0.5) is 5.95 Å². The third-order valence-electron chi connectivity index (χ3n) is 5.26. The molecule has 37 heavy (non-hydrogen) atoms. The third-order valence-corrected chi connectivity index (χ3v) is 6.51. The maximum atomic E-state index is 13.1. The van der Waals surface area contributed by atoms with E-state index in [0.717, 1.165) is 0 Å². The van der Waals surface area contributed by atoms with Crippen LogP contribution in [0.1, 0.15) is 17.5 Å². The van der Waals surface area contributed by atoms with Gasteiger partial charge in [-0.2, -0.15) is 0 Å². The molecule has 1 atom stereocenters. The van der Waals surface area contributed by atoms with Crippen molar-refractivity contribution in [2.24, 2.45) is 0 Å². The van der Waals surface area contributed by atoms with Crippen molar-refractivity contribution in [1.82, 2.24) is 29.7 Å². The molecule has 14 heteroatoms. The Balaban J connectivity index is 1.80. The molecule has 13 nitrogen and oxygen atoms in total. The Labute approximate surface area is 213 Å². The number of hydrogen-bond acceptors (Lipinski definition) is 11. The van der Waals surface area contributed by atoms with Crippen LogP contribution in [0.25, 0.3) is 17.2 Å². The highest BCUT2D eigenvalue weighted by Gasteiger charge is 2.27. The second kappa shape index (κ2) is 10.8. The molecule has 3 heterocycles. The zero-order chi connectivity index (χ0) is 26.6. The molecular formula is C23H25N7O6S. The molecule has 0 aliphatic rings. The van der Waals surface area contributed by atoms with E-state index in [0.29, 0.717) is 34.6 Å². The molecule has 0 saturated heterocycles. The summed E-state index contributed by atoms with van der Waals surface area (Å²) in [6.45, 7) is 1.68. The zero-order valence-electron chi connectivity index (χ0n) is 20.5. The fraction of sp³-hybridized carbons (Fsp3) is 0.261. The number of pyridine rings is 1. The molecule has 0 radical (unpaired) electrons. The predicted molar refractivity (Wildman–Crippen MR) is 133 cm³/mol. The summed E-state index contributed by atoms with van der Waals surface area (Å²) < 4.78 is 46.3. The van der Waals surface area contributed by atoms with Crippen LogP contribution in [-0.2, 0) is 10.0 Å². The first-order chi connectivity index (χ1) is 17.8. The van der Waals surface area contributed by atoms with Gasteiger partial charge in [0.1, 0.15) is 28.7 Å². The van der Waals surface area contributed by atoms with Gasteiger partial charge in [0.25, 0.3) is 0 Å². The Hall–Kier alpha value is -4.30. The summed E-state index contributed by atoms with van der Waals surface area (Å²) in [5.74, 6) is 0.879. The number of para-hydroxylation sites is 1. The molecule has 4 rings (SSSR count). The SMILES string of the molecule is COc1cccc(-c2nnc(NS(=O)(=O)C[C@H](O)c3cnc(C)nc3)n2-c2c(OC)cccc2OC)n1. The smallest absolute Gasteiger partial charge is 0.243 e. The van der Waals surface area contributed by atoms with Gasteiger partial charge in [0.15, 0.2) is 5.82 Å². The largest absolute Gasteiger partial charge is 0.494 e. The fourth-order valence-electron chi connectivity index (χ4n) is 3.49. The molecule has 0 amide bonds. The number of rotatable bonds is 10. The quantitative estimate of drug-likeness (QED) is 0.310. The second-order valence-corrected chi connectivity index (χ2v) is 9.49. The van der Waals surface area contributed by atoms with E-state index in [2.05, 4.69) is 29.9 Å². The van der Waals surface area contributed by atoms with Gasteiger partial charge < -0.3 is 19.3 Å². The number of nitrogens with one attached hydrogen (secondary N) is 1. The Bertz CT molecular complexity index is 1470. The summed E-state index contributed by atoms with van der Waals surface area (Å²) in [7, 11) is 0.264. The van der Waals surface area contributed by atoms with Crippen molar-refractivity contribution in [3.05, 3.63) is 60.2 Å². The lowest BCUT2D eigenvalue weighted by Crippen LogP contribution is -2.24. The van der Waals surface area contributed by atoms with Gasteiger partial charge in [-0.1, -0.05) is 12.1 Å². The molecule has 2 N–H and O–H groups in total. The van der Waals surface area contributed by atoms with Gasteiger partial charge in [0.05, 0.1) is 33.2 Å². The van der Waals surface area contributed by atoms with Crippen molar-refractivity contribution in [3.63, 3.8) is 0 Å². The number of aryl methyl sites for hydroxylation is 1. The lowest BCUT2D eigenvalue weighted by Gasteiger charge is -2.18. The molecule has 0 saturated carbocycles. The van der Waals surface area contributed by atoms with E-state index < -0.39 is 21.9 Å². The second-order valence-electron chi connectivity index (χ2n) is 7.72. The van der Waals surface area contributed by atoms with E-state index in [9.17, 15) is 13.5 Å². The maximum Gasteiger partial charge on any atom is 0.243 e. The number of ether oxygens (including phenoxy) is 3. The van der Waals surface area contributed by atoms with Gasteiger partial charge in [0, 0.05) is 24.0 Å². The molecule has 0 spiro atoms. The van der Waals surface area contributed by atoms with E-state index in [1.807, 2.05) is 0 Å². The standard InChI is InChI=1S/C23H25N7O6S/c1-14-24-11-15(12-25-14)17(31)13-37(32,33)29-23-28-27-22(16-7-5-10-20(26-16)36-4)30(23)21-18(34-2)8-6-9-19(21)35-3/h5-12,17,31H,13H2,1-4H3,(H,28,29)/t17-/m0/s1. The van der Waals surface area contributed by atoms with Gasteiger partial charge in [0.2, 0.25) is 21.9 Å². The third kappa shape index (κ3) is 5.59. The summed E-state index contributed by atoms with van der Waals surface area (Å²) in [6, 6.07) is 10.1. The van der Waals surface area contributed by atoms with Gasteiger partial charge in [-0.15, -0.1) is 10.2 Å². The molecule has 4 aromatic rings. The summed E-state index contributed by atoms with van der Waals surface area (Å²) in [5, 5.41) is 18.8. The van der Waals surface area contributed by atoms with Gasteiger partial charge in [-0.05, 0) is 25.1 Å². The van der Waals surface area contributed by atoms with Crippen molar-refractivity contribution in [2.45, 2.75) is 13.0 Å². The summed E-state index contributed by atoms with van der Waals surface area (Å²) >= 11 is 0. The monoisotopic (exact) mass is 527 g/mol. The van der Waals surface area contributed by atoms with Crippen molar-refractivity contribution in [3.8, 4) is 34.6 Å². The number of benzene rings is 1. The van der Waals surface area contributed by atoms with E-state index in [-0.39, 0.29) is 17.3 Å². The van der Waals surface area contributed by atoms with Crippen LogP contribution in [-0.4, -0.2) is 70.3 Å². The molecule has 0 unspecified atom stereocenters. The topological polar surface area (TPSA) is 163 Å². The van der Waals surface area contributed by atoms with Crippen molar-refractivity contribution in [1.29, 1.82) is 0 Å².